The highest BCUT2D eigenvalue weighted by molar-refractivity contribution is 6.02. The molecule has 0 radical (unpaired) electrons. The van der Waals surface area contributed by atoms with E-state index in [1.807, 2.05) is 0 Å². The maximum atomic E-state index is 11.8. The molecule has 0 bridgehead atoms. The van der Waals surface area contributed by atoms with Crippen LogP contribution in [0.2, 0.25) is 0 Å². The van der Waals surface area contributed by atoms with Crippen LogP contribution in [0.25, 0.3) is 0 Å². The number of hydrogen-bond donors (Lipinski definition) is 3. The van der Waals surface area contributed by atoms with Gasteiger partial charge >= 0.3 is 0 Å². The number of aromatic nitrogens is 1. The van der Waals surface area contributed by atoms with Crippen LogP contribution in [0.4, 0.5) is 0 Å². The molecule has 5 heteroatoms. The molecule has 5 nitrogen and oxygen atoms in total. The quantitative estimate of drug-likeness (QED) is 0.527. The lowest BCUT2D eigenvalue weighted by Crippen LogP contribution is -2.26. The Morgan fingerprint density at radius 2 is 2.00 bits per heavy atom. The fourth-order valence-electron chi connectivity index (χ4n) is 1.87. The molecule has 3 N–H and O–H groups in total. The molecule has 1 aromatic rings. The molecule has 0 aliphatic carbocycles. The highest BCUT2D eigenvalue weighted by Gasteiger charge is 2.19. The molecule has 0 aliphatic heterocycles. The largest absolute Gasteiger partial charge is 0.396 e. The van der Waals surface area contributed by atoms with Crippen molar-refractivity contribution in [3.05, 3.63) is 22.5 Å². The van der Waals surface area contributed by atoms with Crippen LogP contribution in [-0.4, -0.2) is 34.9 Å². The Morgan fingerprint density at radius 3 is 2.47 bits per heavy atom. The van der Waals surface area contributed by atoms with Gasteiger partial charge in [0.05, 0.1) is 0 Å². The number of H-pyrrole nitrogens is 1. The van der Waals surface area contributed by atoms with Crippen molar-refractivity contribution in [3.8, 4) is 0 Å². The molecule has 0 atom stereocenters. The molecule has 0 fully saturated rings. The number of aromatic amines is 1. The normalized spacial score (nSPS) is 10.4. The summed E-state index contributed by atoms with van der Waals surface area (Å²) < 4.78 is 0. The van der Waals surface area contributed by atoms with Crippen molar-refractivity contribution in [2.24, 2.45) is 0 Å². The van der Waals surface area contributed by atoms with Crippen molar-refractivity contribution in [3.63, 3.8) is 0 Å². The van der Waals surface area contributed by atoms with Gasteiger partial charge in [0.1, 0.15) is 5.69 Å². The Morgan fingerprint density at radius 1 is 1.35 bits per heavy atom. The van der Waals surface area contributed by atoms with Gasteiger partial charge in [-0.1, -0.05) is 0 Å². The lowest BCUT2D eigenvalue weighted by molar-refractivity contribution is 0.0946. The number of Topliss-reactive ketones (excluding diaryl/α,β-unsaturated/α-hetero) is 1. The van der Waals surface area contributed by atoms with Gasteiger partial charge in [0, 0.05) is 24.4 Å². The molecular formula is C12H18N2O3. The Balaban J connectivity index is 2.88. The molecule has 1 rings (SSSR count). The summed E-state index contributed by atoms with van der Waals surface area (Å²) in [4.78, 5) is 26.1. The lowest BCUT2D eigenvalue weighted by atomic mass is 10.1. The van der Waals surface area contributed by atoms with E-state index in [2.05, 4.69) is 10.3 Å². The lowest BCUT2D eigenvalue weighted by Gasteiger charge is -2.03. The van der Waals surface area contributed by atoms with Gasteiger partial charge in [-0.05, 0) is 32.8 Å². The zero-order valence-corrected chi connectivity index (χ0v) is 10.4. The molecule has 17 heavy (non-hydrogen) atoms. The van der Waals surface area contributed by atoms with E-state index in [0.29, 0.717) is 35.5 Å². The van der Waals surface area contributed by atoms with E-state index in [1.54, 1.807) is 13.8 Å². The van der Waals surface area contributed by atoms with Gasteiger partial charge in [0.15, 0.2) is 5.78 Å². The number of aliphatic hydroxyl groups is 1. The van der Waals surface area contributed by atoms with Crippen LogP contribution in [0.5, 0.6) is 0 Å². The van der Waals surface area contributed by atoms with E-state index in [1.165, 1.54) is 6.92 Å². The first-order chi connectivity index (χ1) is 7.99. The third-order valence-corrected chi connectivity index (χ3v) is 2.64. The van der Waals surface area contributed by atoms with Crippen molar-refractivity contribution in [2.45, 2.75) is 27.2 Å². The molecule has 1 heterocycles. The van der Waals surface area contributed by atoms with Gasteiger partial charge < -0.3 is 15.4 Å². The number of ketones is 1. The van der Waals surface area contributed by atoms with Crippen LogP contribution in [-0.2, 0) is 0 Å². The fourth-order valence-corrected chi connectivity index (χ4v) is 1.87. The second-order valence-electron chi connectivity index (χ2n) is 4.01. The summed E-state index contributed by atoms with van der Waals surface area (Å²) in [6.45, 7) is 5.47. The summed E-state index contributed by atoms with van der Waals surface area (Å²) >= 11 is 0. The minimum Gasteiger partial charge on any atom is -0.396 e. The van der Waals surface area contributed by atoms with E-state index in [-0.39, 0.29) is 18.3 Å². The summed E-state index contributed by atoms with van der Waals surface area (Å²) in [5.41, 5.74) is 2.39. The third-order valence-electron chi connectivity index (χ3n) is 2.64. The number of amides is 1. The second kappa shape index (κ2) is 5.63. The SMILES string of the molecule is CC(=O)c1c(C)[nH]c(C(=O)NCCCO)c1C. The summed E-state index contributed by atoms with van der Waals surface area (Å²) in [7, 11) is 0. The fraction of sp³-hybridized carbons (Fsp3) is 0.500. The first-order valence-corrected chi connectivity index (χ1v) is 5.58. The molecule has 0 saturated heterocycles. The Kier molecular flexibility index (Phi) is 4.45. The Labute approximate surface area is 100 Å². The molecule has 0 aromatic carbocycles. The van der Waals surface area contributed by atoms with Crippen LogP contribution >= 0.6 is 0 Å². The molecular weight excluding hydrogens is 220 g/mol. The summed E-state index contributed by atoms with van der Waals surface area (Å²) in [5.74, 6) is -0.294. The second-order valence-corrected chi connectivity index (χ2v) is 4.01. The van der Waals surface area contributed by atoms with E-state index in [4.69, 9.17) is 5.11 Å². The first-order valence-electron chi connectivity index (χ1n) is 5.58. The summed E-state index contributed by atoms with van der Waals surface area (Å²) in [6, 6.07) is 0. The predicted octanol–water partition coefficient (Wildman–Crippen LogP) is 0.946. The molecule has 0 spiro atoms. The predicted molar refractivity (Wildman–Crippen MR) is 64.3 cm³/mol. The highest BCUT2D eigenvalue weighted by atomic mass is 16.3. The molecule has 94 valence electrons. The number of carbonyl (C=O) groups excluding carboxylic acids is 2. The van der Waals surface area contributed by atoms with E-state index in [9.17, 15) is 9.59 Å². The molecule has 1 amide bonds. The third kappa shape index (κ3) is 2.94. The number of aryl methyl sites for hydroxylation is 1. The molecule has 0 aliphatic rings. The first kappa shape index (κ1) is 13.4. The number of rotatable bonds is 5. The topological polar surface area (TPSA) is 82.2 Å². The van der Waals surface area contributed by atoms with Gasteiger partial charge in [-0.3, -0.25) is 9.59 Å². The maximum Gasteiger partial charge on any atom is 0.268 e. The average Bonchev–Trinajstić information content (AvgIpc) is 2.54. The highest BCUT2D eigenvalue weighted by Crippen LogP contribution is 2.18. The minimum atomic E-state index is -0.244. The maximum absolute atomic E-state index is 11.8. The number of nitrogens with one attached hydrogen (secondary N) is 2. The van der Waals surface area contributed by atoms with Gasteiger partial charge in [-0.25, -0.2) is 0 Å². The Hall–Kier alpha value is -1.62. The molecule has 1 aromatic heterocycles. The number of carbonyl (C=O) groups is 2. The smallest absolute Gasteiger partial charge is 0.268 e. The standard InChI is InChI=1S/C12H18N2O3/c1-7-10(9(3)16)8(2)14-11(7)12(17)13-5-4-6-15/h14-15H,4-6H2,1-3H3,(H,13,17). The van der Waals surface area contributed by atoms with Crippen molar-refractivity contribution >= 4 is 11.7 Å². The van der Waals surface area contributed by atoms with Crippen LogP contribution in [0.15, 0.2) is 0 Å². The van der Waals surface area contributed by atoms with Gasteiger partial charge in [0.25, 0.3) is 5.91 Å². The van der Waals surface area contributed by atoms with Crippen molar-refractivity contribution in [1.82, 2.24) is 10.3 Å². The van der Waals surface area contributed by atoms with Crippen LogP contribution in [0.1, 0.15) is 45.4 Å². The van der Waals surface area contributed by atoms with Gasteiger partial charge in [-0.15, -0.1) is 0 Å². The van der Waals surface area contributed by atoms with Crippen LogP contribution in [0.3, 0.4) is 0 Å². The Bertz CT molecular complexity index is 435. The average molecular weight is 238 g/mol. The molecule has 0 saturated carbocycles. The van der Waals surface area contributed by atoms with E-state index >= 15 is 0 Å². The van der Waals surface area contributed by atoms with Crippen LogP contribution in [0, 0.1) is 13.8 Å². The van der Waals surface area contributed by atoms with Crippen LogP contribution < -0.4 is 5.32 Å². The van der Waals surface area contributed by atoms with Crippen molar-refractivity contribution in [1.29, 1.82) is 0 Å². The zero-order valence-electron chi connectivity index (χ0n) is 10.4. The van der Waals surface area contributed by atoms with Crippen molar-refractivity contribution in [2.75, 3.05) is 13.2 Å². The number of aliphatic hydroxyl groups excluding tert-OH is 1. The van der Waals surface area contributed by atoms with Crippen molar-refractivity contribution < 1.29 is 14.7 Å². The zero-order chi connectivity index (χ0) is 13.0. The molecule has 0 unspecified atom stereocenters. The van der Waals surface area contributed by atoms with E-state index in [0.717, 1.165) is 0 Å². The van der Waals surface area contributed by atoms with Gasteiger partial charge in [0.2, 0.25) is 0 Å². The summed E-state index contributed by atoms with van der Waals surface area (Å²) in [6.07, 6.45) is 0.518. The van der Waals surface area contributed by atoms with E-state index < -0.39 is 0 Å². The minimum absolute atomic E-state index is 0.0434. The monoisotopic (exact) mass is 238 g/mol. The summed E-state index contributed by atoms with van der Waals surface area (Å²) in [5, 5.41) is 11.3. The van der Waals surface area contributed by atoms with Gasteiger partial charge in [-0.2, -0.15) is 0 Å². The number of hydrogen-bond acceptors (Lipinski definition) is 3.